The molecular formula is C13H22F3NO3. The highest BCUT2D eigenvalue weighted by Gasteiger charge is 2.42. The van der Waals surface area contributed by atoms with Crippen LogP contribution in [0.1, 0.15) is 32.6 Å². The van der Waals surface area contributed by atoms with E-state index in [1.807, 2.05) is 0 Å². The first kappa shape index (κ1) is 17.2. The van der Waals surface area contributed by atoms with Crippen LogP contribution >= 0.6 is 0 Å². The molecule has 0 aromatic heterocycles. The van der Waals surface area contributed by atoms with Crippen molar-refractivity contribution in [3.63, 3.8) is 0 Å². The van der Waals surface area contributed by atoms with Gasteiger partial charge in [-0.3, -0.25) is 4.79 Å². The van der Waals surface area contributed by atoms with Gasteiger partial charge in [0.25, 0.3) is 0 Å². The highest BCUT2D eigenvalue weighted by Crippen LogP contribution is 2.39. The molecule has 1 rings (SSSR count). The zero-order valence-corrected chi connectivity index (χ0v) is 12.0. The fourth-order valence-corrected chi connectivity index (χ4v) is 2.60. The van der Waals surface area contributed by atoms with E-state index in [1.165, 1.54) is 14.2 Å². The summed E-state index contributed by atoms with van der Waals surface area (Å²) in [4.78, 5) is 12.0. The van der Waals surface area contributed by atoms with E-state index >= 15 is 0 Å². The molecule has 0 heterocycles. The van der Waals surface area contributed by atoms with E-state index in [4.69, 9.17) is 9.47 Å². The minimum Gasteiger partial charge on any atom is -0.354 e. The molecule has 1 aliphatic rings. The number of carbonyl (C=O) groups is 1. The molecule has 0 spiro atoms. The van der Waals surface area contributed by atoms with Crippen LogP contribution in [0.15, 0.2) is 0 Å². The van der Waals surface area contributed by atoms with Crippen LogP contribution in [0.3, 0.4) is 0 Å². The summed E-state index contributed by atoms with van der Waals surface area (Å²) in [5.74, 6) is -1.85. The highest BCUT2D eigenvalue weighted by molar-refractivity contribution is 5.79. The van der Waals surface area contributed by atoms with Gasteiger partial charge in [-0.05, 0) is 32.6 Å². The summed E-state index contributed by atoms with van der Waals surface area (Å²) in [5, 5.41) is 2.73. The van der Waals surface area contributed by atoms with Gasteiger partial charge in [0, 0.05) is 20.1 Å². The van der Waals surface area contributed by atoms with Gasteiger partial charge in [0.2, 0.25) is 5.91 Å². The van der Waals surface area contributed by atoms with Crippen LogP contribution < -0.4 is 5.32 Å². The smallest absolute Gasteiger partial charge is 0.354 e. The van der Waals surface area contributed by atoms with Gasteiger partial charge in [-0.2, -0.15) is 13.2 Å². The van der Waals surface area contributed by atoms with Crippen molar-refractivity contribution in [1.82, 2.24) is 5.32 Å². The molecule has 1 unspecified atom stereocenters. The Morgan fingerprint density at radius 3 is 2.05 bits per heavy atom. The van der Waals surface area contributed by atoms with Crippen molar-refractivity contribution in [3.8, 4) is 0 Å². The Balaban J connectivity index is 2.43. The third-order valence-corrected chi connectivity index (χ3v) is 3.80. The lowest BCUT2D eigenvalue weighted by Gasteiger charge is -2.30. The van der Waals surface area contributed by atoms with E-state index in [0.29, 0.717) is 0 Å². The average molecular weight is 297 g/mol. The van der Waals surface area contributed by atoms with Crippen molar-refractivity contribution in [1.29, 1.82) is 0 Å². The fraction of sp³-hybridized carbons (Fsp3) is 0.923. The van der Waals surface area contributed by atoms with Gasteiger partial charge < -0.3 is 14.8 Å². The van der Waals surface area contributed by atoms with Gasteiger partial charge in [-0.25, -0.2) is 0 Å². The molecule has 0 aromatic rings. The zero-order chi connectivity index (χ0) is 15.3. The fourth-order valence-electron chi connectivity index (χ4n) is 2.60. The van der Waals surface area contributed by atoms with Gasteiger partial charge in [0.15, 0.2) is 6.29 Å². The first-order chi connectivity index (χ1) is 9.29. The molecule has 1 fully saturated rings. The van der Waals surface area contributed by atoms with Gasteiger partial charge in [0.05, 0.1) is 12.0 Å². The van der Waals surface area contributed by atoms with Crippen LogP contribution in [-0.4, -0.2) is 38.6 Å². The minimum atomic E-state index is -4.15. The molecule has 0 aliphatic heterocycles. The van der Waals surface area contributed by atoms with E-state index in [2.05, 4.69) is 5.32 Å². The lowest BCUT2D eigenvalue weighted by atomic mass is 9.81. The summed E-state index contributed by atoms with van der Waals surface area (Å²) >= 11 is 0. The van der Waals surface area contributed by atoms with Crippen molar-refractivity contribution in [3.05, 3.63) is 0 Å². The maximum absolute atomic E-state index is 12.5. The molecule has 7 heteroatoms. The number of methoxy groups -OCH3 is 2. The maximum atomic E-state index is 12.5. The number of amides is 1. The number of carbonyl (C=O) groups excluding carboxylic acids is 1. The van der Waals surface area contributed by atoms with Gasteiger partial charge in [0.1, 0.15) is 0 Å². The van der Waals surface area contributed by atoms with E-state index in [9.17, 15) is 18.0 Å². The third-order valence-electron chi connectivity index (χ3n) is 3.80. The predicted octanol–water partition coefficient (Wildman–Crippen LogP) is 2.48. The van der Waals surface area contributed by atoms with Crippen molar-refractivity contribution in [2.24, 2.45) is 11.8 Å². The van der Waals surface area contributed by atoms with E-state index < -0.39 is 18.4 Å². The Morgan fingerprint density at radius 2 is 1.65 bits per heavy atom. The Hall–Kier alpha value is -0.820. The molecule has 1 atom stereocenters. The predicted molar refractivity (Wildman–Crippen MR) is 66.9 cm³/mol. The number of halogens is 3. The molecule has 1 amide bonds. The van der Waals surface area contributed by atoms with Crippen LogP contribution in [0, 0.1) is 11.8 Å². The molecule has 20 heavy (non-hydrogen) atoms. The molecule has 0 radical (unpaired) electrons. The second-order valence-electron chi connectivity index (χ2n) is 5.23. The summed E-state index contributed by atoms with van der Waals surface area (Å²) in [6.07, 6.45) is -4.13. The normalized spacial score (nSPS) is 25.6. The quantitative estimate of drug-likeness (QED) is 0.793. The Bertz CT molecular complexity index is 310. The molecule has 1 N–H and O–H groups in total. The number of hydrogen-bond donors (Lipinski definition) is 1. The lowest BCUT2D eigenvalue weighted by Crippen LogP contribution is -2.46. The van der Waals surface area contributed by atoms with Gasteiger partial charge >= 0.3 is 6.18 Å². The molecule has 118 valence electrons. The summed E-state index contributed by atoms with van der Waals surface area (Å²) < 4.78 is 47.7. The topological polar surface area (TPSA) is 47.6 Å². The number of hydrogen-bond acceptors (Lipinski definition) is 3. The van der Waals surface area contributed by atoms with Crippen LogP contribution in [0.5, 0.6) is 0 Å². The first-order valence-corrected chi connectivity index (χ1v) is 6.72. The summed E-state index contributed by atoms with van der Waals surface area (Å²) in [6.45, 7) is 1.73. The van der Waals surface area contributed by atoms with Crippen LogP contribution in [0.2, 0.25) is 0 Å². The monoisotopic (exact) mass is 297 g/mol. The van der Waals surface area contributed by atoms with Crippen molar-refractivity contribution in [2.75, 3.05) is 14.2 Å². The van der Waals surface area contributed by atoms with E-state index in [1.54, 1.807) is 6.92 Å². The average Bonchev–Trinajstić information content (AvgIpc) is 2.39. The largest absolute Gasteiger partial charge is 0.391 e. The summed E-state index contributed by atoms with van der Waals surface area (Å²) in [5.41, 5.74) is 0. The van der Waals surface area contributed by atoms with Crippen LogP contribution in [-0.2, 0) is 14.3 Å². The molecule has 0 aromatic carbocycles. The standard InChI is InChI=1S/C13H22F3NO3/c1-8(12(19-2)20-3)17-11(18)9-4-6-10(7-5-9)13(14,15)16/h8-10,12H,4-7H2,1-3H3,(H,17,18). The first-order valence-electron chi connectivity index (χ1n) is 6.72. The number of alkyl halides is 3. The SMILES string of the molecule is COC(OC)C(C)NC(=O)C1CCC(C(F)(F)F)CC1. The number of nitrogens with one attached hydrogen (secondary N) is 1. The van der Waals surface area contributed by atoms with E-state index in [-0.39, 0.29) is 43.6 Å². The zero-order valence-electron chi connectivity index (χ0n) is 12.0. The molecule has 4 nitrogen and oxygen atoms in total. The van der Waals surface area contributed by atoms with Gasteiger partial charge in [-0.1, -0.05) is 0 Å². The Morgan fingerprint density at radius 1 is 1.15 bits per heavy atom. The van der Waals surface area contributed by atoms with Crippen LogP contribution in [0.4, 0.5) is 13.2 Å². The molecular weight excluding hydrogens is 275 g/mol. The molecule has 0 saturated heterocycles. The number of ether oxygens (including phenoxy) is 2. The molecule has 1 saturated carbocycles. The Labute approximate surface area is 117 Å². The minimum absolute atomic E-state index is 0.0218. The number of rotatable bonds is 5. The van der Waals surface area contributed by atoms with Gasteiger partial charge in [-0.15, -0.1) is 0 Å². The maximum Gasteiger partial charge on any atom is 0.391 e. The lowest BCUT2D eigenvalue weighted by molar-refractivity contribution is -0.185. The Kier molecular flexibility index (Phi) is 6.26. The summed E-state index contributed by atoms with van der Waals surface area (Å²) in [6, 6.07) is -0.349. The van der Waals surface area contributed by atoms with Crippen molar-refractivity contribution >= 4 is 5.91 Å². The molecule has 0 bridgehead atoms. The van der Waals surface area contributed by atoms with E-state index in [0.717, 1.165) is 0 Å². The van der Waals surface area contributed by atoms with Crippen molar-refractivity contribution < 1.29 is 27.4 Å². The van der Waals surface area contributed by atoms with Crippen LogP contribution in [0.25, 0.3) is 0 Å². The summed E-state index contributed by atoms with van der Waals surface area (Å²) in [7, 11) is 2.93. The second kappa shape index (κ2) is 7.26. The second-order valence-corrected chi connectivity index (χ2v) is 5.23. The van der Waals surface area contributed by atoms with Crippen molar-refractivity contribution in [2.45, 2.75) is 51.1 Å². The molecule has 1 aliphatic carbocycles. The highest BCUT2D eigenvalue weighted by atomic mass is 19.4. The third kappa shape index (κ3) is 4.63.